The van der Waals surface area contributed by atoms with Crippen LogP contribution in [0, 0.1) is 0 Å². The van der Waals surface area contributed by atoms with Gasteiger partial charge in [0.05, 0.1) is 6.10 Å². The van der Waals surface area contributed by atoms with Crippen LogP contribution in [0.25, 0.3) is 0 Å². The van der Waals surface area contributed by atoms with Crippen molar-refractivity contribution in [1.29, 1.82) is 0 Å². The molecule has 0 bridgehead atoms. The summed E-state index contributed by atoms with van der Waals surface area (Å²) in [6.07, 6.45) is 1.54. The molecule has 0 radical (unpaired) electrons. The first kappa shape index (κ1) is 9.69. The molecular formula is C12H17NO. The van der Waals surface area contributed by atoms with Gasteiger partial charge in [0.2, 0.25) is 0 Å². The van der Waals surface area contributed by atoms with E-state index in [-0.39, 0.29) is 6.10 Å². The Labute approximate surface area is 85.0 Å². The fraction of sp³-hybridized carbons (Fsp3) is 0.500. The summed E-state index contributed by atoms with van der Waals surface area (Å²) < 4.78 is 0. The molecule has 0 aliphatic carbocycles. The summed E-state index contributed by atoms with van der Waals surface area (Å²) in [4.78, 5) is 0. The second kappa shape index (κ2) is 4.11. The average Bonchev–Trinajstić information content (AvgIpc) is 2.18. The number of piperidine rings is 1. The molecule has 0 aromatic heterocycles. The predicted octanol–water partition coefficient (Wildman–Crippen LogP) is 1.86. The third-order valence-corrected chi connectivity index (χ3v) is 2.82. The molecule has 1 aliphatic heterocycles. The number of hydrogen-bond acceptors (Lipinski definition) is 2. The zero-order chi connectivity index (χ0) is 9.97. The maximum Gasteiger partial charge on any atom is 0.0573 e. The van der Waals surface area contributed by atoms with Gasteiger partial charge in [-0.3, -0.25) is 0 Å². The van der Waals surface area contributed by atoms with E-state index in [1.165, 1.54) is 5.56 Å². The van der Waals surface area contributed by atoms with E-state index in [4.69, 9.17) is 0 Å². The highest BCUT2D eigenvalue weighted by Crippen LogP contribution is 2.25. The van der Waals surface area contributed by atoms with Gasteiger partial charge in [-0.25, -0.2) is 0 Å². The van der Waals surface area contributed by atoms with Crippen molar-refractivity contribution in [2.75, 3.05) is 0 Å². The van der Waals surface area contributed by atoms with Crippen molar-refractivity contribution in [3.05, 3.63) is 35.9 Å². The van der Waals surface area contributed by atoms with E-state index in [9.17, 15) is 5.11 Å². The van der Waals surface area contributed by atoms with Crippen LogP contribution in [0.2, 0.25) is 0 Å². The van der Waals surface area contributed by atoms with Gasteiger partial charge in [0.15, 0.2) is 0 Å². The first-order chi connectivity index (χ1) is 6.75. The van der Waals surface area contributed by atoms with Crippen LogP contribution in [0.4, 0.5) is 0 Å². The van der Waals surface area contributed by atoms with Crippen molar-refractivity contribution in [3.8, 4) is 0 Å². The Hall–Kier alpha value is -0.860. The summed E-state index contributed by atoms with van der Waals surface area (Å²) >= 11 is 0. The number of benzene rings is 1. The molecule has 0 spiro atoms. The molecule has 1 aromatic rings. The predicted molar refractivity (Wildman–Crippen MR) is 57.0 cm³/mol. The lowest BCUT2D eigenvalue weighted by molar-refractivity contribution is 0.0975. The number of rotatable bonds is 1. The molecule has 76 valence electrons. The maximum atomic E-state index is 9.67. The highest BCUT2D eigenvalue weighted by Gasteiger charge is 2.24. The molecule has 0 amide bonds. The van der Waals surface area contributed by atoms with E-state index >= 15 is 0 Å². The molecule has 3 atom stereocenters. The van der Waals surface area contributed by atoms with Gasteiger partial charge in [-0.1, -0.05) is 30.3 Å². The van der Waals surface area contributed by atoms with Crippen LogP contribution in [0.15, 0.2) is 30.3 Å². The van der Waals surface area contributed by atoms with Crippen LogP contribution in [0.1, 0.15) is 31.4 Å². The summed E-state index contributed by atoms with van der Waals surface area (Å²) in [5, 5.41) is 13.2. The van der Waals surface area contributed by atoms with Crippen LogP contribution < -0.4 is 5.32 Å². The molecule has 1 fully saturated rings. The summed E-state index contributed by atoms with van der Waals surface area (Å²) in [5.74, 6) is 0. The van der Waals surface area contributed by atoms with Gasteiger partial charge in [-0.05, 0) is 25.3 Å². The van der Waals surface area contributed by atoms with E-state index in [1.807, 2.05) is 18.2 Å². The molecule has 2 nitrogen and oxygen atoms in total. The Morgan fingerprint density at radius 3 is 2.57 bits per heavy atom. The van der Waals surface area contributed by atoms with Crippen molar-refractivity contribution in [3.63, 3.8) is 0 Å². The molecule has 0 saturated carbocycles. The largest absolute Gasteiger partial charge is 0.393 e. The van der Waals surface area contributed by atoms with Crippen molar-refractivity contribution in [2.24, 2.45) is 0 Å². The van der Waals surface area contributed by atoms with Gasteiger partial charge in [0.1, 0.15) is 0 Å². The van der Waals surface area contributed by atoms with E-state index in [1.54, 1.807) is 0 Å². The molecule has 1 saturated heterocycles. The Morgan fingerprint density at radius 2 is 1.93 bits per heavy atom. The van der Waals surface area contributed by atoms with E-state index in [0.29, 0.717) is 12.1 Å². The number of nitrogens with one attached hydrogen (secondary N) is 1. The van der Waals surface area contributed by atoms with Gasteiger partial charge in [-0.15, -0.1) is 0 Å². The normalized spacial score (nSPS) is 32.9. The standard InChI is InChI=1S/C12H17NO/c1-9-7-11(14)8-12(13-9)10-5-3-2-4-6-10/h2-6,9,11-14H,7-8H2,1H3/t9-,11-,12-/m0/s1. The lowest BCUT2D eigenvalue weighted by Gasteiger charge is -2.32. The third kappa shape index (κ3) is 2.14. The van der Waals surface area contributed by atoms with Gasteiger partial charge in [0, 0.05) is 12.1 Å². The quantitative estimate of drug-likeness (QED) is 0.710. The molecule has 1 heterocycles. The molecule has 1 aliphatic rings. The SMILES string of the molecule is C[C@H]1C[C@H](O)C[C@@H](c2ccccc2)N1. The van der Waals surface area contributed by atoms with Crippen LogP contribution in [-0.4, -0.2) is 17.3 Å². The lowest BCUT2D eigenvalue weighted by atomic mass is 9.92. The Kier molecular flexibility index (Phi) is 2.85. The summed E-state index contributed by atoms with van der Waals surface area (Å²) in [7, 11) is 0. The Bertz CT molecular complexity index is 276. The Balaban J connectivity index is 2.11. The third-order valence-electron chi connectivity index (χ3n) is 2.82. The second-order valence-corrected chi connectivity index (χ2v) is 4.16. The fourth-order valence-corrected chi connectivity index (χ4v) is 2.17. The van der Waals surface area contributed by atoms with Gasteiger partial charge < -0.3 is 10.4 Å². The number of hydrogen-bond donors (Lipinski definition) is 2. The van der Waals surface area contributed by atoms with Gasteiger partial charge in [-0.2, -0.15) is 0 Å². The molecule has 2 rings (SSSR count). The molecule has 14 heavy (non-hydrogen) atoms. The van der Waals surface area contributed by atoms with Crippen LogP contribution >= 0.6 is 0 Å². The minimum atomic E-state index is -0.156. The average molecular weight is 191 g/mol. The first-order valence-corrected chi connectivity index (χ1v) is 5.25. The maximum absolute atomic E-state index is 9.67. The van der Waals surface area contributed by atoms with Crippen LogP contribution in [0.3, 0.4) is 0 Å². The van der Waals surface area contributed by atoms with Gasteiger partial charge >= 0.3 is 0 Å². The molecule has 1 aromatic carbocycles. The lowest BCUT2D eigenvalue weighted by Crippen LogP contribution is -2.40. The topological polar surface area (TPSA) is 32.3 Å². The van der Waals surface area contributed by atoms with E-state index < -0.39 is 0 Å². The van der Waals surface area contributed by atoms with E-state index in [0.717, 1.165) is 12.8 Å². The minimum absolute atomic E-state index is 0.156. The molecule has 2 heteroatoms. The summed E-state index contributed by atoms with van der Waals surface area (Å²) in [5.41, 5.74) is 1.28. The molecule has 2 N–H and O–H groups in total. The second-order valence-electron chi connectivity index (χ2n) is 4.16. The van der Waals surface area contributed by atoms with Crippen molar-refractivity contribution in [2.45, 2.75) is 38.0 Å². The fourth-order valence-electron chi connectivity index (χ4n) is 2.17. The van der Waals surface area contributed by atoms with Crippen molar-refractivity contribution in [1.82, 2.24) is 5.32 Å². The zero-order valence-corrected chi connectivity index (χ0v) is 8.48. The Morgan fingerprint density at radius 1 is 1.21 bits per heavy atom. The zero-order valence-electron chi connectivity index (χ0n) is 8.48. The monoisotopic (exact) mass is 191 g/mol. The smallest absolute Gasteiger partial charge is 0.0573 e. The van der Waals surface area contributed by atoms with Crippen molar-refractivity contribution >= 4 is 0 Å². The highest BCUT2D eigenvalue weighted by atomic mass is 16.3. The van der Waals surface area contributed by atoms with E-state index in [2.05, 4.69) is 24.4 Å². The highest BCUT2D eigenvalue weighted by molar-refractivity contribution is 5.19. The van der Waals surface area contributed by atoms with Crippen LogP contribution in [0.5, 0.6) is 0 Å². The van der Waals surface area contributed by atoms with Crippen molar-refractivity contribution < 1.29 is 5.11 Å². The van der Waals surface area contributed by atoms with Crippen LogP contribution in [-0.2, 0) is 0 Å². The molecule has 0 unspecified atom stereocenters. The summed E-state index contributed by atoms with van der Waals surface area (Å²) in [6, 6.07) is 11.1. The number of aliphatic hydroxyl groups is 1. The van der Waals surface area contributed by atoms with Gasteiger partial charge in [0.25, 0.3) is 0 Å². The first-order valence-electron chi connectivity index (χ1n) is 5.25. The number of aliphatic hydroxyl groups excluding tert-OH is 1. The molecular weight excluding hydrogens is 174 g/mol. The summed E-state index contributed by atoms with van der Waals surface area (Å²) in [6.45, 7) is 2.12. The minimum Gasteiger partial charge on any atom is -0.393 e.